The van der Waals surface area contributed by atoms with Crippen molar-refractivity contribution < 1.29 is 63.6 Å². The van der Waals surface area contributed by atoms with Gasteiger partial charge in [-0.15, -0.1) is 0 Å². The maximum atomic E-state index is 14.8. The highest BCUT2D eigenvalue weighted by atomic mass is 33.1. The molecule has 0 radical (unpaired) electrons. The molecule has 3 unspecified atom stereocenters. The zero-order chi connectivity index (χ0) is 52.0. The summed E-state index contributed by atoms with van der Waals surface area (Å²) in [6.45, 7) is 6.47. The van der Waals surface area contributed by atoms with Crippen LogP contribution < -0.4 is 54.8 Å². The second kappa shape index (κ2) is 27.1. The largest absolute Gasteiger partial charge is 0.508 e. The molecule has 4 rings (SSSR count). The van der Waals surface area contributed by atoms with E-state index in [0.717, 1.165) is 26.5 Å². The van der Waals surface area contributed by atoms with E-state index in [-0.39, 0.29) is 74.8 Å². The Labute approximate surface area is 413 Å². The van der Waals surface area contributed by atoms with Crippen LogP contribution in [-0.4, -0.2) is 175 Å². The van der Waals surface area contributed by atoms with E-state index in [9.17, 15) is 58.8 Å². The minimum Gasteiger partial charge on any atom is -0.508 e. The lowest BCUT2D eigenvalue weighted by Gasteiger charge is -2.40. The summed E-state index contributed by atoms with van der Waals surface area (Å²) in [6, 6.07) is -4.66. The van der Waals surface area contributed by atoms with Crippen molar-refractivity contribution in [3.8, 4) is 5.75 Å². The zero-order valence-electron chi connectivity index (χ0n) is 39.7. The van der Waals surface area contributed by atoms with Gasteiger partial charge in [-0.2, -0.15) is 0 Å². The maximum Gasteiger partial charge on any atom is 0.269 e. The highest BCUT2D eigenvalue weighted by Crippen LogP contribution is 2.30. The Morgan fingerprint density at radius 3 is 2.20 bits per heavy atom. The van der Waals surface area contributed by atoms with Crippen LogP contribution in [0.1, 0.15) is 71.8 Å². The van der Waals surface area contributed by atoms with Crippen LogP contribution in [-0.2, 0) is 49.6 Å². The fourth-order valence-corrected chi connectivity index (χ4v) is 10.3. The Bertz CT molecular complexity index is 1990. The highest BCUT2D eigenvalue weighted by Gasteiger charge is 2.48. The number of likely N-dealkylation sites (tertiary alicyclic amines) is 1. The zero-order valence-corrected chi connectivity index (χ0v) is 41.3. The van der Waals surface area contributed by atoms with Crippen molar-refractivity contribution in [1.82, 2.24) is 41.9 Å². The van der Waals surface area contributed by atoms with Gasteiger partial charge in [-0.3, -0.25) is 48.5 Å². The van der Waals surface area contributed by atoms with Crippen LogP contribution in [0.3, 0.4) is 0 Å². The third kappa shape index (κ3) is 16.9. The van der Waals surface area contributed by atoms with E-state index in [0.29, 0.717) is 17.0 Å². The minimum absolute atomic E-state index is 0.0318. The first kappa shape index (κ1) is 57.7. The molecule has 70 heavy (non-hydrogen) atoms. The van der Waals surface area contributed by atoms with Crippen molar-refractivity contribution in [2.24, 2.45) is 34.8 Å². The Balaban J connectivity index is 1.73. The number of hydrogen-bond acceptors (Lipinski definition) is 19. The van der Waals surface area contributed by atoms with Crippen LogP contribution >= 0.6 is 21.6 Å². The molecule has 25 nitrogen and oxygen atoms in total. The third-order valence-corrected chi connectivity index (χ3v) is 14.4. The van der Waals surface area contributed by atoms with E-state index in [1.54, 1.807) is 26.0 Å². The van der Waals surface area contributed by atoms with Gasteiger partial charge in [-0.05, 0) is 42.4 Å². The standard InChI is InChI=1S/C43H70N12O13S2/c1-5-21(4)35-41(65)49-26(10-11-32(45)58)38(62)52-29-15-34(47)68-55(42(29)66)31(19-70-69-18-25(44)36(60)50-28(39(63)53-35)13-22-6-8-23(56)9-7-22)43(67)54-17-24(57)14-30(54)40(64)51-27(12-20(2)3)37(61)48-16-33(46)59/h6-9,20-21,24-31,33-35,41,49,56-57,59,65H,5,10-19,44,46-47H2,1-4H3,(H2,45,58)(H,48,61)(H,50,60)(H,51,64)(H,52,62)(H,53,63)/t21-,24+,25-,26-,27-,28-,29-,30-,31-,33?,34?,35-,41?/m0/s1. The SMILES string of the molecule is CC[C@H](C)[C@@H]1NC(=O)[C@H](Cc2ccc(O)cc2)NC(=O)[C@@H](N)CSSC[C@@H](C(=O)N2C[C@H](O)C[C@H]2C(=O)N[C@@H](CC(C)C)C(=O)NCC(N)O)N2OC(N)C[C@H](NC(=O)[C@H](CCC(N)=O)NC1O)C2=O. The third-order valence-electron chi connectivity index (χ3n) is 12.0. The first-order valence-electron chi connectivity index (χ1n) is 23.2. The quantitative estimate of drug-likeness (QED) is 0.0581. The van der Waals surface area contributed by atoms with Gasteiger partial charge in [0.25, 0.3) is 5.91 Å². The number of primary amides is 1. The Morgan fingerprint density at radius 2 is 1.57 bits per heavy atom. The first-order valence-corrected chi connectivity index (χ1v) is 25.6. The summed E-state index contributed by atoms with van der Waals surface area (Å²) in [5.74, 6) is -7.42. The number of phenolic OH excluding ortho intramolecular Hbond substituents is 1. The predicted molar refractivity (Wildman–Crippen MR) is 256 cm³/mol. The molecule has 0 spiro atoms. The van der Waals surface area contributed by atoms with Crippen LogP contribution in [0, 0.1) is 11.8 Å². The lowest BCUT2D eigenvalue weighted by Crippen LogP contribution is -2.65. The van der Waals surface area contributed by atoms with Crippen molar-refractivity contribution in [2.45, 2.75) is 146 Å². The smallest absolute Gasteiger partial charge is 0.269 e. The lowest BCUT2D eigenvalue weighted by molar-refractivity contribution is -0.237. The molecule has 2 bridgehead atoms. The van der Waals surface area contributed by atoms with Crippen LogP contribution in [0.4, 0.5) is 0 Å². The van der Waals surface area contributed by atoms with Gasteiger partial charge in [0, 0.05) is 43.7 Å². The van der Waals surface area contributed by atoms with Gasteiger partial charge in [0.05, 0.1) is 30.8 Å². The molecule has 3 fully saturated rings. The number of nitrogens with one attached hydrogen (secondary N) is 6. The summed E-state index contributed by atoms with van der Waals surface area (Å²) in [6.07, 6.45) is -6.26. The Kier molecular flexibility index (Phi) is 22.4. The van der Waals surface area contributed by atoms with Gasteiger partial charge in [0.15, 0.2) is 0 Å². The molecule has 13 atom stereocenters. The van der Waals surface area contributed by atoms with Gasteiger partial charge < -0.3 is 74.8 Å². The van der Waals surface area contributed by atoms with E-state index in [4.69, 9.17) is 27.8 Å². The molecule has 392 valence electrons. The molecule has 3 saturated heterocycles. The van der Waals surface area contributed by atoms with E-state index in [1.165, 1.54) is 12.1 Å². The fraction of sp³-hybridized carbons (Fsp3) is 0.674. The molecule has 0 aliphatic carbocycles. The topological polar surface area (TPSA) is 409 Å². The molecule has 8 amide bonds. The molecule has 0 aromatic heterocycles. The number of benzene rings is 1. The number of nitrogens with two attached hydrogens (primary N) is 4. The number of aromatic hydroxyl groups is 1. The van der Waals surface area contributed by atoms with E-state index < -0.39 is 126 Å². The normalized spacial score (nSPS) is 29.0. The number of amides is 8. The molecular weight excluding hydrogens is 957 g/mol. The average molecular weight is 1030 g/mol. The van der Waals surface area contributed by atoms with Crippen LogP contribution in [0.25, 0.3) is 0 Å². The number of fused-ring (bicyclic) bond motifs is 2. The molecule has 3 aliphatic rings. The summed E-state index contributed by atoms with van der Waals surface area (Å²) in [5, 5.41) is 58.6. The number of carbonyl (C=O) groups is 8. The average Bonchev–Trinajstić information content (AvgIpc) is 3.70. The van der Waals surface area contributed by atoms with Gasteiger partial charge in [0.2, 0.25) is 41.4 Å². The van der Waals surface area contributed by atoms with Crippen molar-refractivity contribution in [2.75, 3.05) is 24.6 Å². The predicted octanol–water partition coefficient (Wildman–Crippen LogP) is -4.60. The van der Waals surface area contributed by atoms with E-state index in [2.05, 4.69) is 31.9 Å². The second-order valence-corrected chi connectivity index (χ2v) is 20.8. The summed E-state index contributed by atoms with van der Waals surface area (Å²) < 4.78 is 0. The van der Waals surface area contributed by atoms with Crippen LogP contribution in [0.5, 0.6) is 5.75 Å². The second-order valence-electron chi connectivity index (χ2n) is 18.2. The maximum absolute atomic E-state index is 14.8. The van der Waals surface area contributed by atoms with Crippen LogP contribution in [0.2, 0.25) is 0 Å². The van der Waals surface area contributed by atoms with Gasteiger partial charge in [-0.25, -0.2) is 5.06 Å². The number of rotatable bonds is 15. The molecule has 1 aromatic rings. The number of hydroxylamine groups is 2. The molecule has 1 aromatic carbocycles. The molecule has 0 saturated carbocycles. The van der Waals surface area contributed by atoms with Crippen LogP contribution in [0.15, 0.2) is 24.3 Å². The van der Waals surface area contributed by atoms with E-state index >= 15 is 0 Å². The summed E-state index contributed by atoms with van der Waals surface area (Å²) in [7, 11) is 2.01. The number of aliphatic hydroxyl groups is 3. The number of hydrogen-bond donors (Lipinski definition) is 14. The Morgan fingerprint density at radius 1 is 0.914 bits per heavy atom. The summed E-state index contributed by atoms with van der Waals surface area (Å²) in [4.78, 5) is 117. The van der Waals surface area contributed by atoms with Gasteiger partial charge in [0.1, 0.15) is 54.6 Å². The number of aliphatic hydroxyl groups excluding tert-OH is 3. The summed E-state index contributed by atoms with van der Waals surface area (Å²) in [5.41, 5.74) is 24.1. The van der Waals surface area contributed by atoms with Gasteiger partial charge >= 0.3 is 0 Å². The number of carbonyl (C=O) groups excluding carboxylic acids is 8. The van der Waals surface area contributed by atoms with Crippen molar-refractivity contribution in [3.05, 3.63) is 29.8 Å². The molecule has 27 heteroatoms. The minimum atomic E-state index is -1.67. The first-order chi connectivity index (χ1) is 33.0. The van der Waals surface area contributed by atoms with Crippen molar-refractivity contribution in [3.63, 3.8) is 0 Å². The monoisotopic (exact) mass is 1030 g/mol. The number of nitrogens with zero attached hydrogens (tertiary/aromatic N) is 2. The van der Waals surface area contributed by atoms with Crippen molar-refractivity contribution >= 4 is 68.8 Å². The fourth-order valence-electron chi connectivity index (χ4n) is 7.99. The highest BCUT2D eigenvalue weighted by molar-refractivity contribution is 8.76. The molecular formula is C43H70N12O13S2. The summed E-state index contributed by atoms with van der Waals surface area (Å²) >= 11 is 0. The van der Waals surface area contributed by atoms with Gasteiger partial charge in [-0.1, -0.05) is 67.8 Å². The molecule has 3 heterocycles. The Hall–Kier alpha value is -4.84. The molecule has 3 aliphatic heterocycles. The number of phenols is 1. The van der Waals surface area contributed by atoms with Crippen molar-refractivity contribution in [1.29, 1.82) is 0 Å². The lowest BCUT2D eigenvalue weighted by atomic mass is 9.95. The number of β-amino-alcohol motifs (C(OH)–C–C–N with tert-alkyl or cyclic N) is 1. The molecule has 18 N–H and O–H groups in total. The van der Waals surface area contributed by atoms with E-state index in [1.807, 2.05) is 13.8 Å².